The number of carbonyl (C=O) groups is 3. The molecule has 0 radical (unpaired) electrons. The smallest absolute Gasteiger partial charge is 0.234 e. The van der Waals surface area contributed by atoms with Crippen molar-refractivity contribution >= 4 is 33.7 Å². The third kappa shape index (κ3) is 3.64. The summed E-state index contributed by atoms with van der Waals surface area (Å²) in [6.07, 6.45) is 7.02. The van der Waals surface area contributed by atoms with Crippen molar-refractivity contribution in [1.29, 1.82) is 0 Å². The minimum Gasteiger partial charge on any atom is -0.343 e. The van der Waals surface area contributed by atoms with Gasteiger partial charge in [-0.05, 0) is 48.8 Å². The van der Waals surface area contributed by atoms with E-state index >= 15 is 0 Å². The molecule has 1 aromatic rings. The number of amides is 3. The van der Waals surface area contributed by atoms with Crippen molar-refractivity contribution < 1.29 is 14.4 Å². The second-order valence-electron chi connectivity index (χ2n) is 8.70. The number of rotatable bonds is 8. The predicted molar refractivity (Wildman–Crippen MR) is 118 cm³/mol. The third-order valence-electron chi connectivity index (χ3n) is 6.78. The van der Waals surface area contributed by atoms with Gasteiger partial charge in [0.05, 0.1) is 24.3 Å². The molecule has 5 atom stereocenters. The molecule has 0 spiro atoms. The van der Waals surface area contributed by atoms with Gasteiger partial charge in [0.15, 0.2) is 0 Å². The van der Waals surface area contributed by atoms with Crippen molar-refractivity contribution in [2.75, 3.05) is 13.1 Å². The SMILES string of the molecule is CCCN(CCC)C(=O)CC(c1ccc(Br)cc1)N1C(=O)C2C3C=CC(C3)C2C1=O. The average molecular weight is 473 g/mol. The third-order valence-corrected chi connectivity index (χ3v) is 7.31. The number of fused-ring (bicyclic) bond motifs is 5. The molecule has 2 fully saturated rings. The molecule has 5 nitrogen and oxygen atoms in total. The Morgan fingerprint density at radius 1 is 1.03 bits per heavy atom. The first-order valence-corrected chi connectivity index (χ1v) is 11.8. The van der Waals surface area contributed by atoms with E-state index in [1.807, 2.05) is 29.2 Å². The molecule has 0 N–H and O–H groups in total. The van der Waals surface area contributed by atoms with Crippen LogP contribution >= 0.6 is 15.9 Å². The van der Waals surface area contributed by atoms with E-state index in [0.29, 0.717) is 13.1 Å². The van der Waals surface area contributed by atoms with Crippen molar-refractivity contribution in [3.63, 3.8) is 0 Å². The molecule has 4 rings (SSSR count). The Labute approximate surface area is 186 Å². The maximum Gasteiger partial charge on any atom is 0.234 e. The number of halogens is 1. The van der Waals surface area contributed by atoms with E-state index in [1.165, 1.54) is 4.90 Å². The highest BCUT2D eigenvalue weighted by molar-refractivity contribution is 9.10. The van der Waals surface area contributed by atoms with Gasteiger partial charge in [-0.15, -0.1) is 0 Å². The number of hydrogen-bond donors (Lipinski definition) is 0. The second kappa shape index (κ2) is 8.66. The number of imide groups is 1. The first-order chi connectivity index (χ1) is 14.5. The zero-order chi connectivity index (χ0) is 21.4. The van der Waals surface area contributed by atoms with Gasteiger partial charge in [-0.1, -0.05) is 54.1 Å². The van der Waals surface area contributed by atoms with Crippen LogP contribution in [-0.2, 0) is 14.4 Å². The lowest BCUT2D eigenvalue weighted by molar-refractivity contribution is -0.145. The van der Waals surface area contributed by atoms with Gasteiger partial charge >= 0.3 is 0 Å². The molecule has 3 aliphatic rings. The predicted octanol–water partition coefficient (Wildman–Crippen LogP) is 4.34. The van der Waals surface area contributed by atoms with Crippen LogP contribution in [0.3, 0.4) is 0 Å². The van der Waals surface area contributed by atoms with E-state index in [4.69, 9.17) is 0 Å². The molecule has 0 aromatic heterocycles. The van der Waals surface area contributed by atoms with Gasteiger partial charge in [-0.2, -0.15) is 0 Å². The van der Waals surface area contributed by atoms with Gasteiger partial charge < -0.3 is 4.90 Å². The molecule has 1 saturated heterocycles. The largest absolute Gasteiger partial charge is 0.343 e. The standard InChI is InChI=1S/C24H29BrN2O3/c1-3-11-26(12-4-2)20(28)14-19(15-7-9-18(25)10-8-15)27-23(29)21-16-5-6-17(13-16)22(21)24(27)30/h5-10,16-17,19,21-22H,3-4,11-14H2,1-2H3. The summed E-state index contributed by atoms with van der Waals surface area (Å²) >= 11 is 3.45. The summed E-state index contributed by atoms with van der Waals surface area (Å²) in [6.45, 7) is 5.50. The molecule has 5 unspecified atom stereocenters. The van der Waals surface area contributed by atoms with Gasteiger partial charge in [0.25, 0.3) is 0 Å². The van der Waals surface area contributed by atoms with Crippen molar-refractivity contribution in [1.82, 2.24) is 9.80 Å². The van der Waals surface area contributed by atoms with Gasteiger partial charge in [0.2, 0.25) is 17.7 Å². The summed E-state index contributed by atoms with van der Waals surface area (Å²) in [4.78, 5) is 43.3. The minimum absolute atomic E-state index is 0.00498. The Bertz CT molecular complexity index is 830. The van der Waals surface area contributed by atoms with Crippen molar-refractivity contribution in [2.24, 2.45) is 23.7 Å². The average Bonchev–Trinajstić information content (AvgIpc) is 3.41. The van der Waals surface area contributed by atoms with E-state index in [9.17, 15) is 14.4 Å². The molecule has 2 aliphatic carbocycles. The molecule has 30 heavy (non-hydrogen) atoms. The van der Waals surface area contributed by atoms with Gasteiger partial charge in [-0.3, -0.25) is 19.3 Å². The van der Waals surface area contributed by atoms with Crippen LogP contribution in [-0.4, -0.2) is 40.6 Å². The Morgan fingerprint density at radius 2 is 1.57 bits per heavy atom. The minimum atomic E-state index is -0.549. The lowest BCUT2D eigenvalue weighted by Gasteiger charge is -2.30. The van der Waals surface area contributed by atoms with E-state index in [0.717, 1.165) is 29.3 Å². The molecule has 2 bridgehead atoms. The number of carbonyl (C=O) groups excluding carboxylic acids is 3. The highest BCUT2D eigenvalue weighted by Crippen LogP contribution is 2.54. The Morgan fingerprint density at radius 3 is 2.07 bits per heavy atom. The first-order valence-electron chi connectivity index (χ1n) is 11.0. The molecule has 160 valence electrons. The van der Waals surface area contributed by atoms with Crippen LogP contribution in [0.5, 0.6) is 0 Å². The zero-order valence-electron chi connectivity index (χ0n) is 17.6. The maximum absolute atomic E-state index is 13.4. The molecule has 6 heteroatoms. The summed E-state index contributed by atoms with van der Waals surface area (Å²) in [5.41, 5.74) is 0.835. The van der Waals surface area contributed by atoms with Gasteiger partial charge in [-0.25, -0.2) is 0 Å². The quantitative estimate of drug-likeness (QED) is 0.417. The van der Waals surface area contributed by atoms with E-state index in [2.05, 4.69) is 41.9 Å². The Kier molecular flexibility index (Phi) is 6.14. The summed E-state index contributed by atoms with van der Waals surface area (Å²) in [5.74, 6) is -0.352. The van der Waals surface area contributed by atoms with Crippen molar-refractivity contribution in [3.8, 4) is 0 Å². The first kappa shape index (κ1) is 21.3. The fourth-order valence-corrected chi connectivity index (χ4v) is 5.74. The fraction of sp³-hybridized carbons (Fsp3) is 0.542. The van der Waals surface area contributed by atoms with E-state index in [-0.39, 0.29) is 47.8 Å². The summed E-state index contributed by atoms with van der Waals surface area (Å²) < 4.78 is 0.924. The van der Waals surface area contributed by atoms with Crippen LogP contribution < -0.4 is 0 Å². The van der Waals surface area contributed by atoms with Crippen LogP contribution in [0.25, 0.3) is 0 Å². The van der Waals surface area contributed by atoms with Crippen LogP contribution in [0.15, 0.2) is 40.9 Å². The lowest BCUT2D eigenvalue weighted by atomic mass is 9.85. The summed E-state index contributed by atoms with van der Waals surface area (Å²) in [6, 6.07) is 7.08. The fourth-order valence-electron chi connectivity index (χ4n) is 5.47. The number of allylic oxidation sites excluding steroid dienone is 2. The van der Waals surface area contributed by atoms with Gasteiger partial charge in [0, 0.05) is 17.6 Å². The highest BCUT2D eigenvalue weighted by atomic mass is 79.9. The Balaban J connectivity index is 1.64. The highest BCUT2D eigenvalue weighted by Gasteiger charge is 2.60. The molecular weight excluding hydrogens is 444 g/mol. The molecule has 1 aromatic carbocycles. The lowest BCUT2D eigenvalue weighted by Crippen LogP contribution is -2.41. The topological polar surface area (TPSA) is 57.7 Å². The van der Waals surface area contributed by atoms with Crippen LogP contribution in [0.2, 0.25) is 0 Å². The van der Waals surface area contributed by atoms with Crippen LogP contribution in [0, 0.1) is 23.7 Å². The number of nitrogens with zero attached hydrogens (tertiary/aromatic N) is 2. The van der Waals surface area contributed by atoms with Crippen LogP contribution in [0.1, 0.15) is 51.1 Å². The van der Waals surface area contributed by atoms with E-state index in [1.54, 1.807) is 0 Å². The van der Waals surface area contributed by atoms with Crippen molar-refractivity contribution in [3.05, 3.63) is 46.5 Å². The molecular formula is C24H29BrN2O3. The monoisotopic (exact) mass is 472 g/mol. The normalized spacial score (nSPS) is 27.6. The maximum atomic E-state index is 13.4. The van der Waals surface area contributed by atoms with Crippen LogP contribution in [0.4, 0.5) is 0 Å². The summed E-state index contributed by atoms with van der Waals surface area (Å²) in [5, 5.41) is 0. The Hall–Kier alpha value is -1.95. The van der Waals surface area contributed by atoms with E-state index < -0.39 is 6.04 Å². The van der Waals surface area contributed by atoms with Gasteiger partial charge in [0.1, 0.15) is 0 Å². The number of hydrogen-bond acceptors (Lipinski definition) is 3. The second-order valence-corrected chi connectivity index (χ2v) is 9.61. The molecule has 1 saturated carbocycles. The number of benzene rings is 1. The zero-order valence-corrected chi connectivity index (χ0v) is 19.2. The molecule has 3 amide bonds. The van der Waals surface area contributed by atoms with Crippen molar-refractivity contribution in [2.45, 2.75) is 45.6 Å². The molecule has 1 heterocycles. The number of likely N-dealkylation sites (tertiary alicyclic amines) is 1. The summed E-state index contributed by atoms with van der Waals surface area (Å²) in [7, 11) is 0. The molecule has 1 aliphatic heterocycles.